The normalized spacial score (nSPS) is 16.7. The predicted molar refractivity (Wildman–Crippen MR) is 104 cm³/mol. The third-order valence-corrected chi connectivity index (χ3v) is 5.58. The summed E-state index contributed by atoms with van der Waals surface area (Å²) in [5.74, 6) is 1.54. The number of H-pyrrole nitrogens is 1. The Kier molecular flexibility index (Phi) is 4.40. The lowest BCUT2D eigenvalue weighted by Gasteiger charge is -2.26. The van der Waals surface area contributed by atoms with E-state index in [4.69, 9.17) is 21.1 Å². The van der Waals surface area contributed by atoms with Gasteiger partial charge in [0.2, 0.25) is 0 Å². The number of aromatic amines is 1. The molecule has 0 spiro atoms. The molecule has 1 aliphatic rings. The Morgan fingerprint density at radius 1 is 1.12 bits per heavy atom. The van der Waals surface area contributed by atoms with Crippen LogP contribution in [0.2, 0.25) is 5.02 Å². The minimum absolute atomic E-state index is 0.0204. The molecule has 0 amide bonds. The molecule has 0 saturated heterocycles. The van der Waals surface area contributed by atoms with Crippen molar-refractivity contribution in [2.75, 3.05) is 20.8 Å². The molecule has 2 aromatic carbocycles. The second kappa shape index (κ2) is 6.56. The Balaban J connectivity index is 1.89. The summed E-state index contributed by atoms with van der Waals surface area (Å²) in [6.07, 6.45) is 0.964. The maximum absolute atomic E-state index is 6.20. The zero-order chi connectivity index (χ0) is 17.6. The van der Waals surface area contributed by atoms with Crippen LogP contribution in [-0.4, -0.2) is 25.7 Å². The molecule has 6 heteroatoms. The van der Waals surface area contributed by atoms with Crippen molar-refractivity contribution in [2.24, 2.45) is 0 Å². The molecular formula is C19H18BrClN2O2. The molecule has 1 aliphatic heterocycles. The summed E-state index contributed by atoms with van der Waals surface area (Å²) in [7, 11) is 3.33. The van der Waals surface area contributed by atoms with E-state index in [-0.39, 0.29) is 6.04 Å². The van der Waals surface area contributed by atoms with E-state index in [1.54, 1.807) is 14.2 Å². The first kappa shape index (κ1) is 16.8. The van der Waals surface area contributed by atoms with Crippen molar-refractivity contribution in [3.63, 3.8) is 0 Å². The van der Waals surface area contributed by atoms with Gasteiger partial charge >= 0.3 is 0 Å². The predicted octanol–water partition coefficient (Wildman–Crippen LogP) is 4.84. The van der Waals surface area contributed by atoms with Gasteiger partial charge in [-0.1, -0.05) is 11.6 Å². The highest BCUT2D eigenvalue weighted by Gasteiger charge is 2.28. The molecule has 130 valence electrons. The van der Waals surface area contributed by atoms with Crippen LogP contribution in [0.5, 0.6) is 11.5 Å². The van der Waals surface area contributed by atoms with E-state index in [1.165, 1.54) is 16.6 Å². The first-order chi connectivity index (χ1) is 12.1. The molecule has 25 heavy (non-hydrogen) atoms. The van der Waals surface area contributed by atoms with Gasteiger partial charge in [-0.15, -0.1) is 0 Å². The Labute approximate surface area is 159 Å². The van der Waals surface area contributed by atoms with Gasteiger partial charge in [-0.05, 0) is 52.2 Å². The first-order valence-corrected chi connectivity index (χ1v) is 9.24. The number of hydrogen-bond acceptors (Lipinski definition) is 3. The largest absolute Gasteiger partial charge is 0.496 e. The second-order valence-electron chi connectivity index (χ2n) is 6.07. The standard InChI is InChI=1S/C19H18BrClN2O2/c1-24-16-9-17(25-2)14(20)8-13(16)18-19-11(5-6-22-18)12-7-10(21)3-4-15(12)23-19/h3-4,7-9,18,22-23H,5-6H2,1-2H3. The third-order valence-electron chi connectivity index (χ3n) is 4.73. The average molecular weight is 422 g/mol. The van der Waals surface area contributed by atoms with Gasteiger partial charge in [0.15, 0.2) is 0 Å². The smallest absolute Gasteiger partial charge is 0.136 e. The molecule has 1 unspecified atom stereocenters. The lowest BCUT2D eigenvalue weighted by Crippen LogP contribution is -2.30. The average Bonchev–Trinajstić information content (AvgIpc) is 2.99. The summed E-state index contributed by atoms with van der Waals surface area (Å²) >= 11 is 9.79. The number of benzene rings is 2. The molecule has 1 atom stereocenters. The minimum atomic E-state index is 0.0204. The van der Waals surface area contributed by atoms with Crippen LogP contribution in [0.4, 0.5) is 0 Å². The highest BCUT2D eigenvalue weighted by atomic mass is 79.9. The molecule has 0 saturated carbocycles. The van der Waals surface area contributed by atoms with Crippen LogP contribution in [0.1, 0.15) is 22.9 Å². The fourth-order valence-corrected chi connectivity index (χ4v) is 4.27. The van der Waals surface area contributed by atoms with Gasteiger partial charge in [-0.25, -0.2) is 0 Å². The number of halogens is 2. The van der Waals surface area contributed by atoms with E-state index < -0.39 is 0 Å². The summed E-state index contributed by atoms with van der Waals surface area (Å²) in [6.45, 7) is 0.893. The quantitative estimate of drug-likeness (QED) is 0.636. The van der Waals surface area contributed by atoms with Crippen LogP contribution in [0, 0.1) is 0 Å². The van der Waals surface area contributed by atoms with E-state index >= 15 is 0 Å². The van der Waals surface area contributed by atoms with Gasteiger partial charge < -0.3 is 19.8 Å². The summed E-state index contributed by atoms with van der Waals surface area (Å²) < 4.78 is 11.9. The van der Waals surface area contributed by atoms with Gasteiger partial charge in [0, 0.05) is 39.8 Å². The molecule has 4 nitrogen and oxygen atoms in total. The van der Waals surface area contributed by atoms with Crippen molar-refractivity contribution in [1.82, 2.24) is 10.3 Å². The molecular weight excluding hydrogens is 404 g/mol. The van der Waals surface area contributed by atoms with E-state index in [0.717, 1.165) is 45.0 Å². The number of methoxy groups -OCH3 is 2. The topological polar surface area (TPSA) is 46.3 Å². The van der Waals surface area contributed by atoms with Crippen molar-refractivity contribution in [3.05, 3.63) is 56.6 Å². The molecule has 2 heterocycles. The summed E-state index contributed by atoms with van der Waals surface area (Å²) in [4.78, 5) is 3.57. The van der Waals surface area contributed by atoms with Crippen LogP contribution in [-0.2, 0) is 6.42 Å². The third kappa shape index (κ3) is 2.80. The van der Waals surface area contributed by atoms with Gasteiger partial charge in [-0.2, -0.15) is 0 Å². The van der Waals surface area contributed by atoms with Crippen LogP contribution in [0.3, 0.4) is 0 Å². The highest BCUT2D eigenvalue weighted by Crippen LogP contribution is 2.41. The summed E-state index contributed by atoms with van der Waals surface area (Å²) in [6, 6.07) is 9.98. The maximum Gasteiger partial charge on any atom is 0.136 e. The Morgan fingerprint density at radius 3 is 2.68 bits per heavy atom. The van der Waals surface area contributed by atoms with Crippen LogP contribution in [0.15, 0.2) is 34.8 Å². The number of fused-ring (bicyclic) bond motifs is 3. The monoisotopic (exact) mass is 420 g/mol. The van der Waals surface area contributed by atoms with Gasteiger partial charge in [-0.3, -0.25) is 0 Å². The fourth-order valence-electron chi connectivity index (χ4n) is 3.57. The van der Waals surface area contributed by atoms with E-state index in [1.807, 2.05) is 24.3 Å². The lowest BCUT2D eigenvalue weighted by atomic mass is 9.93. The summed E-state index contributed by atoms with van der Waals surface area (Å²) in [5.41, 5.74) is 4.65. The first-order valence-electron chi connectivity index (χ1n) is 8.07. The van der Waals surface area contributed by atoms with Crippen molar-refractivity contribution in [3.8, 4) is 11.5 Å². The zero-order valence-electron chi connectivity index (χ0n) is 14.0. The second-order valence-corrected chi connectivity index (χ2v) is 7.36. The SMILES string of the molecule is COc1cc(OC)c(C2NCCc3c2[nH]c2ccc(Cl)cc32)cc1Br. The Morgan fingerprint density at radius 2 is 1.92 bits per heavy atom. The molecule has 2 N–H and O–H groups in total. The van der Waals surface area contributed by atoms with E-state index in [9.17, 15) is 0 Å². The van der Waals surface area contributed by atoms with Crippen LogP contribution >= 0.6 is 27.5 Å². The van der Waals surface area contributed by atoms with Crippen LogP contribution in [0.25, 0.3) is 10.9 Å². The van der Waals surface area contributed by atoms with Gasteiger partial charge in [0.05, 0.1) is 24.7 Å². The van der Waals surface area contributed by atoms with Gasteiger partial charge in [0.1, 0.15) is 11.5 Å². The molecule has 3 aromatic rings. The van der Waals surface area contributed by atoms with Crippen molar-refractivity contribution in [2.45, 2.75) is 12.5 Å². The number of hydrogen-bond donors (Lipinski definition) is 2. The van der Waals surface area contributed by atoms with E-state index in [0.29, 0.717) is 0 Å². The molecule has 0 radical (unpaired) electrons. The number of nitrogens with one attached hydrogen (secondary N) is 2. The molecule has 0 aliphatic carbocycles. The number of aromatic nitrogens is 1. The Hall–Kier alpha value is -1.69. The lowest BCUT2D eigenvalue weighted by molar-refractivity contribution is 0.384. The highest BCUT2D eigenvalue weighted by molar-refractivity contribution is 9.10. The van der Waals surface area contributed by atoms with Crippen molar-refractivity contribution >= 4 is 38.4 Å². The van der Waals surface area contributed by atoms with E-state index in [2.05, 4.69) is 32.3 Å². The fraction of sp³-hybridized carbons (Fsp3) is 0.263. The number of ether oxygens (including phenoxy) is 2. The minimum Gasteiger partial charge on any atom is -0.496 e. The number of rotatable bonds is 3. The Bertz CT molecular complexity index is 954. The molecule has 1 aromatic heterocycles. The molecule has 0 fully saturated rings. The molecule has 4 rings (SSSR count). The summed E-state index contributed by atoms with van der Waals surface area (Å²) in [5, 5.41) is 5.55. The zero-order valence-corrected chi connectivity index (χ0v) is 16.3. The van der Waals surface area contributed by atoms with Crippen molar-refractivity contribution < 1.29 is 9.47 Å². The maximum atomic E-state index is 6.20. The van der Waals surface area contributed by atoms with Crippen molar-refractivity contribution in [1.29, 1.82) is 0 Å². The van der Waals surface area contributed by atoms with Gasteiger partial charge in [0.25, 0.3) is 0 Å². The molecule has 0 bridgehead atoms. The van der Waals surface area contributed by atoms with Crippen LogP contribution < -0.4 is 14.8 Å².